The summed E-state index contributed by atoms with van der Waals surface area (Å²) in [5.41, 5.74) is 2.88. The van der Waals surface area contributed by atoms with E-state index in [9.17, 15) is 9.18 Å². The highest BCUT2D eigenvalue weighted by molar-refractivity contribution is 7.99. The van der Waals surface area contributed by atoms with Crippen molar-refractivity contribution in [1.82, 2.24) is 24.5 Å². The maximum Gasteiger partial charge on any atom is 0.253 e. The van der Waals surface area contributed by atoms with Gasteiger partial charge in [-0.05, 0) is 44.4 Å². The van der Waals surface area contributed by atoms with E-state index >= 15 is 0 Å². The smallest absolute Gasteiger partial charge is 0.253 e. The van der Waals surface area contributed by atoms with Crippen molar-refractivity contribution in [3.8, 4) is 0 Å². The minimum atomic E-state index is -0.341. The Bertz CT molecular complexity index is 1060. The molecule has 0 bridgehead atoms. The normalized spacial score (nSPS) is 14.1. The van der Waals surface area contributed by atoms with Crippen LogP contribution in [0.5, 0.6) is 0 Å². The Hall–Kier alpha value is -2.19. The molecule has 6 nitrogen and oxygen atoms in total. The van der Waals surface area contributed by atoms with Crippen molar-refractivity contribution in [3.05, 3.63) is 51.6 Å². The summed E-state index contributed by atoms with van der Waals surface area (Å²) in [5, 5.41) is 5.40. The number of likely N-dealkylation sites (tertiary alicyclic amines) is 1. The number of nitrogens with zero attached hydrogens (tertiary/aromatic N) is 5. The third-order valence-electron chi connectivity index (χ3n) is 5.23. The van der Waals surface area contributed by atoms with Crippen molar-refractivity contribution in [3.63, 3.8) is 0 Å². The molecule has 1 amide bonds. The number of hydrogen-bond donors (Lipinski definition) is 0. The van der Waals surface area contributed by atoms with Crippen molar-refractivity contribution >= 4 is 35.0 Å². The summed E-state index contributed by atoms with van der Waals surface area (Å²) in [7, 11) is 0. The Morgan fingerprint density at radius 3 is 2.69 bits per heavy atom. The lowest BCUT2D eigenvalue weighted by atomic mass is 10.0. The van der Waals surface area contributed by atoms with Gasteiger partial charge < -0.3 is 4.90 Å². The summed E-state index contributed by atoms with van der Waals surface area (Å²) in [6.07, 6.45) is 2.46. The fourth-order valence-electron chi connectivity index (χ4n) is 3.57. The lowest BCUT2D eigenvalue weighted by Crippen LogP contribution is -2.29. The van der Waals surface area contributed by atoms with Gasteiger partial charge in [-0.15, -0.1) is 5.10 Å². The highest BCUT2D eigenvalue weighted by atomic mass is 35.5. The largest absolute Gasteiger partial charge is 0.342 e. The molecule has 0 atom stereocenters. The molecule has 1 fully saturated rings. The van der Waals surface area contributed by atoms with Gasteiger partial charge in [0.25, 0.3) is 5.78 Å². The van der Waals surface area contributed by atoms with Crippen LogP contribution in [-0.2, 0) is 11.2 Å². The Morgan fingerprint density at radius 1 is 1.21 bits per heavy atom. The molecule has 0 spiro atoms. The molecule has 0 saturated carbocycles. The van der Waals surface area contributed by atoms with E-state index < -0.39 is 0 Å². The van der Waals surface area contributed by atoms with Gasteiger partial charge in [-0.1, -0.05) is 29.4 Å². The standard InChI is InChI=1S/C20H21ClFN5OS/c1-12-14(10-15-16(21)6-5-7-17(15)22)13(2)27-19(23-12)24-20(25-27)29-11-18(28)26-8-3-4-9-26/h5-7H,3-4,8-11H2,1-2H3. The van der Waals surface area contributed by atoms with E-state index in [-0.39, 0.29) is 11.7 Å². The zero-order chi connectivity index (χ0) is 20.5. The molecule has 1 aliphatic heterocycles. The molecule has 3 aromatic rings. The number of rotatable bonds is 5. The summed E-state index contributed by atoms with van der Waals surface area (Å²) >= 11 is 7.51. The number of carbonyl (C=O) groups excluding carboxylic acids is 1. The van der Waals surface area contributed by atoms with Gasteiger partial charge in [0.05, 0.1) is 5.75 Å². The lowest BCUT2D eigenvalue weighted by Gasteiger charge is -2.13. The first-order valence-corrected chi connectivity index (χ1v) is 10.9. The molecule has 3 heterocycles. The SMILES string of the molecule is Cc1nc2nc(SCC(=O)N3CCCC3)nn2c(C)c1Cc1c(F)cccc1Cl. The second-order valence-corrected chi connectivity index (χ2v) is 8.47. The van der Waals surface area contributed by atoms with Crippen LogP contribution >= 0.6 is 23.4 Å². The molecule has 1 aromatic carbocycles. The van der Waals surface area contributed by atoms with Crippen LogP contribution in [0.2, 0.25) is 5.02 Å². The van der Waals surface area contributed by atoms with Crippen LogP contribution in [0.3, 0.4) is 0 Å². The molecule has 9 heteroatoms. The molecule has 0 aliphatic carbocycles. The summed E-state index contributed by atoms with van der Waals surface area (Å²) in [6, 6.07) is 4.67. The Balaban J connectivity index is 1.59. The van der Waals surface area contributed by atoms with Crippen LogP contribution in [0.4, 0.5) is 4.39 Å². The second kappa shape index (κ2) is 8.28. The monoisotopic (exact) mass is 433 g/mol. The van der Waals surface area contributed by atoms with Crippen molar-refractivity contribution in [1.29, 1.82) is 0 Å². The molecule has 152 valence electrons. The van der Waals surface area contributed by atoms with Crippen molar-refractivity contribution < 1.29 is 9.18 Å². The summed E-state index contributed by atoms with van der Waals surface area (Å²) in [6.45, 7) is 5.44. The molecular weight excluding hydrogens is 413 g/mol. The first kappa shape index (κ1) is 20.1. The first-order valence-electron chi connectivity index (χ1n) is 9.50. The van der Waals surface area contributed by atoms with Gasteiger partial charge in [0.2, 0.25) is 11.1 Å². The van der Waals surface area contributed by atoms with Crippen LogP contribution < -0.4 is 0 Å². The third-order valence-corrected chi connectivity index (χ3v) is 6.40. The van der Waals surface area contributed by atoms with Gasteiger partial charge in [0.1, 0.15) is 5.82 Å². The molecule has 1 saturated heterocycles. The molecule has 2 aromatic heterocycles. The fraction of sp³-hybridized carbons (Fsp3) is 0.400. The van der Waals surface area contributed by atoms with E-state index in [1.54, 1.807) is 16.6 Å². The van der Waals surface area contributed by atoms with Crippen LogP contribution in [0.1, 0.15) is 35.4 Å². The second-order valence-electron chi connectivity index (χ2n) is 7.12. The van der Waals surface area contributed by atoms with Gasteiger partial charge in [-0.3, -0.25) is 4.79 Å². The molecule has 0 unspecified atom stereocenters. The van der Waals surface area contributed by atoms with E-state index in [1.807, 2.05) is 18.7 Å². The maximum absolute atomic E-state index is 14.2. The topological polar surface area (TPSA) is 63.4 Å². The minimum Gasteiger partial charge on any atom is -0.342 e. The van der Waals surface area contributed by atoms with Gasteiger partial charge in [0, 0.05) is 41.5 Å². The zero-order valence-corrected chi connectivity index (χ0v) is 17.9. The maximum atomic E-state index is 14.2. The van der Waals surface area contributed by atoms with E-state index in [0.29, 0.717) is 33.7 Å². The third kappa shape index (κ3) is 4.09. The highest BCUT2D eigenvalue weighted by Gasteiger charge is 2.20. The van der Waals surface area contributed by atoms with E-state index in [0.717, 1.165) is 42.9 Å². The fourth-order valence-corrected chi connectivity index (χ4v) is 4.52. The minimum absolute atomic E-state index is 0.113. The van der Waals surface area contributed by atoms with Gasteiger partial charge in [-0.2, -0.15) is 4.98 Å². The lowest BCUT2D eigenvalue weighted by molar-refractivity contribution is -0.127. The van der Waals surface area contributed by atoms with Crippen molar-refractivity contribution in [2.75, 3.05) is 18.8 Å². The molecule has 0 radical (unpaired) electrons. The van der Waals surface area contributed by atoms with E-state index in [4.69, 9.17) is 11.6 Å². The number of fused-ring (bicyclic) bond motifs is 1. The first-order chi connectivity index (χ1) is 13.9. The highest BCUT2D eigenvalue weighted by Crippen LogP contribution is 2.26. The number of halogens is 2. The number of amides is 1. The Kier molecular flexibility index (Phi) is 5.74. The average molecular weight is 434 g/mol. The predicted molar refractivity (Wildman–Crippen MR) is 111 cm³/mol. The van der Waals surface area contributed by atoms with E-state index in [2.05, 4.69) is 15.1 Å². The predicted octanol–water partition coefficient (Wildman–Crippen LogP) is 3.84. The quantitative estimate of drug-likeness (QED) is 0.572. The van der Waals surface area contributed by atoms with Crippen LogP contribution in [0.25, 0.3) is 5.78 Å². The van der Waals surface area contributed by atoms with Gasteiger partial charge in [-0.25, -0.2) is 13.9 Å². The van der Waals surface area contributed by atoms with Crippen LogP contribution in [0.15, 0.2) is 23.4 Å². The molecule has 1 aliphatic rings. The average Bonchev–Trinajstić information content (AvgIpc) is 3.35. The summed E-state index contributed by atoms with van der Waals surface area (Å²) in [5.74, 6) is 0.556. The van der Waals surface area contributed by atoms with Crippen molar-refractivity contribution in [2.45, 2.75) is 38.3 Å². The molecular formula is C20H21ClFN5OS. The summed E-state index contributed by atoms with van der Waals surface area (Å²) < 4.78 is 15.9. The Labute approximate surface area is 177 Å². The van der Waals surface area contributed by atoms with Crippen LogP contribution in [0, 0.1) is 19.7 Å². The van der Waals surface area contributed by atoms with Crippen LogP contribution in [-0.4, -0.2) is 49.2 Å². The molecule has 4 rings (SSSR count). The molecule has 29 heavy (non-hydrogen) atoms. The van der Waals surface area contributed by atoms with Gasteiger partial charge >= 0.3 is 0 Å². The number of aryl methyl sites for hydroxylation is 2. The summed E-state index contributed by atoms with van der Waals surface area (Å²) in [4.78, 5) is 23.1. The zero-order valence-electron chi connectivity index (χ0n) is 16.3. The number of aromatic nitrogens is 4. The number of thioether (sulfide) groups is 1. The number of benzene rings is 1. The number of hydrogen-bond acceptors (Lipinski definition) is 5. The van der Waals surface area contributed by atoms with Gasteiger partial charge in [0.15, 0.2) is 0 Å². The number of carbonyl (C=O) groups is 1. The van der Waals surface area contributed by atoms with E-state index in [1.165, 1.54) is 17.8 Å². The Morgan fingerprint density at radius 2 is 1.97 bits per heavy atom. The molecule has 0 N–H and O–H groups in total. The van der Waals surface area contributed by atoms with Crippen molar-refractivity contribution in [2.24, 2.45) is 0 Å².